The topological polar surface area (TPSA) is 101 Å². The molecular weight excluding hydrogens is 258 g/mol. The highest BCUT2D eigenvalue weighted by Gasteiger charge is 2.20. The van der Waals surface area contributed by atoms with Crippen LogP contribution in [-0.2, 0) is 0 Å². The molecule has 0 saturated carbocycles. The van der Waals surface area contributed by atoms with Crippen molar-refractivity contribution in [2.75, 3.05) is 6.61 Å². The van der Waals surface area contributed by atoms with Gasteiger partial charge in [-0.3, -0.25) is 10.1 Å². The maximum absolute atomic E-state index is 10.9. The van der Waals surface area contributed by atoms with Gasteiger partial charge < -0.3 is 10.2 Å². The zero-order chi connectivity index (χ0) is 13.9. The summed E-state index contributed by atoms with van der Waals surface area (Å²) in [7, 11) is 0. The molecule has 1 atom stereocenters. The second-order valence-electron chi connectivity index (χ2n) is 3.79. The molecule has 0 bridgehead atoms. The molecule has 98 valence electrons. The zero-order valence-electron chi connectivity index (χ0n) is 9.91. The first-order chi connectivity index (χ1) is 8.36. The predicted molar refractivity (Wildman–Crippen MR) is 67.2 cm³/mol. The van der Waals surface area contributed by atoms with Crippen LogP contribution in [0.3, 0.4) is 0 Å². The van der Waals surface area contributed by atoms with Crippen molar-refractivity contribution in [1.82, 2.24) is 0 Å². The first-order valence-electron chi connectivity index (χ1n) is 5.16. The summed E-state index contributed by atoms with van der Waals surface area (Å²) >= 11 is 1.22. The van der Waals surface area contributed by atoms with E-state index in [1.54, 1.807) is 13.8 Å². The summed E-state index contributed by atoms with van der Waals surface area (Å²) in [6, 6.07) is 2.44. The number of aliphatic hydroxyl groups excluding tert-OH is 1. The Labute approximate surface area is 108 Å². The lowest BCUT2D eigenvalue weighted by Gasteiger charge is -2.11. The second-order valence-corrected chi connectivity index (χ2v) is 5.27. The molecule has 0 aliphatic rings. The molecule has 1 unspecified atom stereocenters. The average Bonchev–Trinajstić information content (AvgIpc) is 2.30. The van der Waals surface area contributed by atoms with E-state index in [0.29, 0.717) is 10.5 Å². The normalized spacial score (nSPS) is 12.2. The van der Waals surface area contributed by atoms with Crippen LogP contribution in [0.25, 0.3) is 0 Å². The van der Waals surface area contributed by atoms with Crippen molar-refractivity contribution in [2.45, 2.75) is 24.0 Å². The molecule has 0 amide bonds. The summed E-state index contributed by atoms with van der Waals surface area (Å²) in [6.07, 6.45) is 0. The van der Waals surface area contributed by atoms with Crippen LogP contribution in [0.1, 0.15) is 22.8 Å². The molecule has 0 aromatic heterocycles. The Morgan fingerprint density at radius 1 is 1.56 bits per heavy atom. The fraction of sp³-hybridized carbons (Fsp3) is 0.364. The summed E-state index contributed by atoms with van der Waals surface area (Å²) in [5, 5.41) is 28.6. The van der Waals surface area contributed by atoms with E-state index < -0.39 is 10.9 Å². The Balaban J connectivity index is 3.31. The van der Waals surface area contributed by atoms with Crippen LogP contribution in [0.4, 0.5) is 5.69 Å². The predicted octanol–water partition coefficient (Wildman–Crippen LogP) is 2.07. The molecule has 1 aromatic carbocycles. The molecular formula is C11H13NO5S. The third-order valence-corrected chi connectivity index (χ3v) is 3.59. The summed E-state index contributed by atoms with van der Waals surface area (Å²) in [6.45, 7) is 3.23. The van der Waals surface area contributed by atoms with E-state index >= 15 is 0 Å². The lowest BCUT2D eigenvalue weighted by molar-refractivity contribution is -0.385. The highest BCUT2D eigenvalue weighted by Crippen LogP contribution is 2.33. The molecule has 0 fully saturated rings. The number of carboxylic acids is 1. The van der Waals surface area contributed by atoms with Gasteiger partial charge in [-0.15, -0.1) is 11.8 Å². The monoisotopic (exact) mass is 271 g/mol. The van der Waals surface area contributed by atoms with Crippen molar-refractivity contribution in [3.63, 3.8) is 0 Å². The minimum atomic E-state index is -1.21. The third-order valence-electron chi connectivity index (χ3n) is 2.36. The van der Waals surface area contributed by atoms with Gasteiger partial charge >= 0.3 is 5.97 Å². The molecule has 2 N–H and O–H groups in total. The Hall–Kier alpha value is -1.60. The van der Waals surface area contributed by atoms with Crippen molar-refractivity contribution in [3.8, 4) is 0 Å². The molecule has 1 rings (SSSR count). The number of aliphatic hydroxyl groups is 1. The van der Waals surface area contributed by atoms with Crippen LogP contribution in [-0.4, -0.2) is 33.0 Å². The molecule has 0 heterocycles. The molecule has 0 radical (unpaired) electrons. The van der Waals surface area contributed by atoms with Gasteiger partial charge in [0.05, 0.1) is 17.1 Å². The van der Waals surface area contributed by atoms with Crippen molar-refractivity contribution >= 4 is 23.4 Å². The Kier molecular flexibility index (Phi) is 4.69. The lowest BCUT2D eigenvalue weighted by atomic mass is 10.1. The first kappa shape index (κ1) is 14.5. The van der Waals surface area contributed by atoms with Gasteiger partial charge in [0.2, 0.25) is 0 Å². The number of nitro benzene ring substituents is 1. The van der Waals surface area contributed by atoms with Crippen LogP contribution in [0.5, 0.6) is 0 Å². The highest BCUT2D eigenvalue weighted by molar-refractivity contribution is 8.00. The lowest BCUT2D eigenvalue weighted by Crippen LogP contribution is -2.05. The van der Waals surface area contributed by atoms with Crippen LogP contribution in [0, 0.1) is 17.0 Å². The summed E-state index contributed by atoms with van der Waals surface area (Å²) in [5.41, 5.74) is 0.0674. The van der Waals surface area contributed by atoms with E-state index in [-0.39, 0.29) is 23.1 Å². The Morgan fingerprint density at radius 3 is 2.61 bits per heavy atom. The van der Waals surface area contributed by atoms with E-state index in [0.717, 1.165) is 6.07 Å². The fourth-order valence-electron chi connectivity index (χ4n) is 1.36. The standard InChI is InChI=1S/C11H13NO5S/c1-6(5-13)18-10-4-8(11(14)15)3-9(7(10)2)12(16)17/h3-4,6,13H,5H2,1-2H3,(H,14,15). The second kappa shape index (κ2) is 5.83. The Morgan fingerprint density at radius 2 is 2.17 bits per heavy atom. The number of rotatable bonds is 5. The molecule has 0 aliphatic heterocycles. The van der Waals surface area contributed by atoms with E-state index in [2.05, 4.69) is 0 Å². The number of carbonyl (C=O) groups is 1. The van der Waals surface area contributed by atoms with Crippen LogP contribution in [0.2, 0.25) is 0 Å². The number of benzene rings is 1. The summed E-state index contributed by atoms with van der Waals surface area (Å²) in [5.74, 6) is -1.21. The quantitative estimate of drug-likeness (QED) is 0.483. The third kappa shape index (κ3) is 3.21. The van der Waals surface area contributed by atoms with Gasteiger partial charge in [-0.1, -0.05) is 6.92 Å². The number of aromatic carboxylic acids is 1. The van der Waals surface area contributed by atoms with Crippen molar-refractivity contribution in [1.29, 1.82) is 0 Å². The van der Waals surface area contributed by atoms with Gasteiger partial charge in [-0.25, -0.2) is 4.79 Å². The molecule has 1 aromatic rings. The van der Waals surface area contributed by atoms with Crippen LogP contribution in [0.15, 0.2) is 17.0 Å². The summed E-state index contributed by atoms with van der Waals surface area (Å²) in [4.78, 5) is 21.7. The van der Waals surface area contributed by atoms with E-state index in [9.17, 15) is 14.9 Å². The zero-order valence-corrected chi connectivity index (χ0v) is 10.7. The van der Waals surface area contributed by atoms with Gasteiger partial charge in [-0.2, -0.15) is 0 Å². The maximum atomic E-state index is 10.9. The molecule has 0 spiro atoms. The number of nitrogens with zero attached hydrogens (tertiary/aromatic N) is 1. The van der Waals surface area contributed by atoms with Gasteiger partial charge in [0.15, 0.2) is 0 Å². The SMILES string of the molecule is Cc1c(SC(C)CO)cc(C(=O)O)cc1[N+](=O)[O-]. The van der Waals surface area contributed by atoms with E-state index in [4.69, 9.17) is 10.2 Å². The fourth-order valence-corrected chi connectivity index (χ4v) is 2.35. The minimum Gasteiger partial charge on any atom is -0.478 e. The van der Waals surface area contributed by atoms with Crippen LogP contribution < -0.4 is 0 Å². The van der Waals surface area contributed by atoms with Crippen LogP contribution >= 0.6 is 11.8 Å². The smallest absolute Gasteiger partial charge is 0.335 e. The average molecular weight is 271 g/mol. The molecule has 6 nitrogen and oxygen atoms in total. The molecule has 0 saturated heterocycles. The number of nitro groups is 1. The van der Waals surface area contributed by atoms with Crippen molar-refractivity contribution < 1.29 is 19.9 Å². The van der Waals surface area contributed by atoms with Crippen molar-refractivity contribution in [3.05, 3.63) is 33.4 Å². The first-order valence-corrected chi connectivity index (χ1v) is 6.04. The van der Waals surface area contributed by atoms with Gasteiger partial charge in [0.25, 0.3) is 5.69 Å². The van der Waals surface area contributed by atoms with Gasteiger partial charge in [0, 0.05) is 21.8 Å². The number of thioether (sulfide) groups is 1. The minimum absolute atomic E-state index is 0.0881. The van der Waals surface area contributed by atoms with Gasteiger partial charge in [-0.05, 0) is 13.0 Å². The number of hydrogen-bond donors (Lipinski definition) is 2. The Bertz CT molecular complexity index is 489. The highest BCUT2D eigenvalue weighted by atomic mass is 32.2. The number of hydrogen-bond acceptors (Lipinski definition) is 5. The van der Waals surface area contributed by atoms with Gasteiger partial charge in [0.1, 0.15) is 0 Å². The van der Waals surface area contributed by atoms with E-state index in [1.165, 1.54) is 17.8 Å². The maximum Gasteiger partial charge on any atom is 0.335 e. The molecule has 18 heavy (non-hydrogen) atoms. The molecule has 7 heteroatoms. The van der Waals surface area contributed by atoms with Crippen molar-refractivity contribution in [2.24, 2.45) is 0 Å². The summed E-state index contributed by atoms with van der Waals surface area (Å²) < 4.78 is 0. The largest absolute Gasteiger partial charge is 0.478 e. The van der Waals surface area contributed by atoms with E-state index in [1.807, 2.05) is 0 Å². The molecule has 0 aliphatic carbocycles. The number of carboxylic acid groups (broad SMARTS) is 1.